The van der Waals surface area contributed by atoms with Gasteiger partial charge in [-0.15, -0.1) is 11.8 Å². The molecule has 0 aliphatic carbocycles. The number of nitrogens with one attached hydrogen (secondary N) is 2. The van der Waals surface area contributed by atoms with E-state index in [1.54, 1.807) is 0 Å². The number of esters is 1. The van der Waals surface area contributed by atoms with E-state index in [0.717, 1.165) is 11.3 Å². The molecule has 1 aromatic carbocycles. The van der Waals surface area contributed by atoms with Crippen molar-refractivity contribution in [1.29, 1.82) is 0 Å². The molecular weight excluding hydrogens is 304 g/mol. The quantitative estimate of drug-likeness (QED) is 0.591. The van der Waals surface area contributed by atoms with E-state index < -0.39 is 24.5 Å². The molecule has 0 heterocycles. The number of benzene rings is 1. The Morgan fingerprint density at radius 1 is 1.23 bits per heavy atom. The number of hydrogen-bond donors (Lipinski definition) is 2. The first-order chi connectivity index (χ1) is 10.5. The Balaban J connectivity index is 2.20. The van der Waals surface area contributed by atoms with E-state index in [2.05, 4.69) is 10.6 Å². The Morgan fingerprint density at radius 2 is 1.91 bits per heavy atom. The highest BCUT2D eigenvalue weighted by Crippen LogP contribution is 2.16. The Morgan fingerprint density at radius 3 is 2.55 bits per heavy atom. The summed E-state index contributed by atoms with van der Waals surface area (Å²) in [7, 11) is 0. The summed E-state index contributed by atoms with van der Waals surface area (Å²) < 4.78 is 4.81. The van der Waals surface area contributed by atoms with Gasteiger partial charge in [0.2, 0.25) is 0 Å². The third-order valence-electron chi connectivity index (χ3n) is 2.71. The topological polar surface area (TPSA) is 84.5 Å². The van der Waals surface area contributed by atoms with Gasteiger partial charge in [0.15, 0.2) is 6.61 Å². The molecule has 120 valence electrons. The molecule has 1 aromatic rings. The maximum absolute atomic E-state index is 11.5. The first kappa shape index (κ1) is 18.0. The molecule has 7 heteroatoms. The summed E-state index contributed by atoms with van der Waals surface area (Å²) in [6.45, 7) is 3.27. The molecule has 0 unspecified atom stereocenters. The highest BCUT2D eigenvalue weighted by molar-refractivity contribution is 8.00. The van der Waals surface area contributed by atoms with E-state index in [4.69, 9.17) is 4.74 Å². The third-order valence-corrected chi connectivity index (χ3v) is 3.69. The molecule has 0 aliphatic heterocycles. The minimum Gasteiger partial charge on any atom is -0.455 e. The van der Waals surface area contributed by atoms with E-state index in [-0.39, 0.29) is 11.8 Å². The van der Waals surface area contributed by atoms with Crippen molar-refractivity contribution >= 4 is 29.7 Å². The van der Waals surface area contributed by atoms with Crippen LogP contribution in [0.2, 0.25) is 0 Å². The summed E-state index contributed by atoms with van der Waals surface area (Å²) in [5, 5.41) is 4.68. The average molecular weight is 324 g/mol. The van der Waals surface area contributed by atoms with Gasteiger partial charge < -0.3 is 10.1 Å². The number of amides is 3. The Bertz CT molecular complexity index is 508. The number of imide groups is 1. The van der Waals surface area contributed by atoms with Gasteiger partial charge in [-0.2, -0.15) is 0 Å². The lowest BCUT2D eigenvalue weighted by Gasteiger charge is -2.11. The number of urea groups is 1. The summed E-state index contributed by atoms with van der Waals surface area (Å²) in [5.41, 5.74) is 0. The van der Waals surface area contributed by atoms with Crippen LogP contribution in [0, 0.1) is 0 Å². The van der Waals surface area contributed by atoms with Crippen LogP contribution in [0.15, 0.2) is 35.2 Å². The highest BCUT2D eigenvalue weighted by Gasteiger charge is 2.12. The van der Waals surface area contributed by atoms with Crippen LogP contribution in [0.1, 0.15) is 20.3 Å². The fourth-order valence-corrected chi connectivity index (χ4v) is 2.09. The van der Waals surface area contributed by atoms with Gasteiger partial charge in [0.1, 0.15) is 0 Å². The van der Waals surface area contributed by atoms with Gasteiger partial charge in [-0.25, -0.2) is 4.79 Å². The van der Waals surface area contributed by atoms with Crippen molar-refractivity contribution in [3.8, 4) is 0 Å². The van der Waals surface area contributed by atoms with Crippen LogP contribution < -0.4 is 10.6 Å². The van der Waals surface area contributed by atoms with Crippen LogP contribution in [0.25, 0.3) is 0 Å². The fourth-order valence-electron chi connectivity index (χ4n) is 1.37. The zero-order valence-electron chi connectivity index (χ0n) is 12.6. The summed E-state index contributed by atoms with van der Waals surface area (Å²) in [5.74, 6) is -1.05. The lowest BCUT2D eigenvalue weighted by Crippen LogP contribution is -2.44. The zero-order chi connectivity index (χ0) is 16.4. The van der Waals surface area contributed by atoms with E-state index >= 15 is 0 Å². The average Bonchev–Trinajstić information content (AvgIpc) is 2.51. The molecule has 1 rings (SSSR count). The monoisotopic (exact) mass is 324 g/mol. The van der Waals surface area contributed by atoms with Crippen molar-refractivity contribution in [3.05, 3.63) is 30.3 Å². The van der Waals surface area contributed by atoms with E-state index in [1.807, 2.05) is 44.2 Å². The van der Waals surface area contributed by atoms with Crippen molar-refractivity contribution in [1.82, 2.24) is 10.6 Å². The number of rotatable bonds is 7. The normalized spacial score (nSPS) is 11.4. The molecule has 0 fully saturated rings. The van der Waals surface area contributed by atoms with Gasteiger partial charge in [0.25, 0.3) is 5.91 Å². The lowest BCUT2D eigenvalue weighted by atomic mass is 10.3. The van der Waals surface area contributed by atoms with Crippen molar-refractivity contribution < 1.29 is 19.1 Å². The van der Waals surface area contributed by atoms with Crippen molar-refractivity contribution in [3.63, 3.8) is 0 Å². The summed E-state index contributed by atoms with van der Waals surface area (Å²) >= 11 is 1.32. The molecule has 0 aromatic heterocycles. The highest BCUT2D eigenvalue weighted by atomic mass is 32.2. The van der Waals surface area contributed by atoms with Gasteiger partial charge in [0.05, 0.1) is 5.75 Å². The standard InChI is InChI=1S/C15H20N2O4S/c1-3-11(2)16-15(20)17-13(18)9-21-14(19)10-22-12-7-5-4-6-8-12/h4-8,11H,3,9-10H2,1-2H3,(H2,16,17,18,20)/t11-/m0/s1. The van der Waals surface area contributed by atoms with Crippen molar-refractivity contribution in [2.45, 2.75) is 31.2 Å². The first-order valence-electron chi connectivity index (χ1n) is 6.95. The molecule has 1 atom stereocenters. The second kappa shape index (κ2) is 9.83. The van der Waals surface area contributed by atoms with Crippen molar-refractivity contribution in [2.24, 2.45) is 0 Å². The molecular formula is C15H20N2O4S. The molecule has 3 amide bonds. The van der Waals surface area contributed by atoms with Crippen LogP contribution in [0.3, 0.4) is 0 Å². The predicted molar refractivity (Wildman–Crippen MR) is 84.6 cm³/mol. The van der Waals surface area contributed by atoms with Gasteiger partial charge in [-0.05, 0) is 25.5 Å². The SMILES string of the molecule is CC[C@H](C)NC(=O)NC(=O)COC(=O)CSc1ccccc1. The number of ether oxygens (including phenoxy) is 1. The number of carbonyl (C=O) groups is 3. The minimum atomic E-state index is -0.654. The second-order valence-electron chi connectivity index (χ2n) is 4.59. The fraction of sp³-hybridized carbons (Fsp3) is 0.400. The third kappa shape index (κ3) is 7.68. The number of carbonyl (C=O) groups excluding carboxylic acids is 3. The predicted octanol–water partition coefficient (Wildman–Crippen LogP) is 1.95. The molecule has 0 radical (unpaired) electrons. The summed E-state index contributed by atoms with van der Waals surface area (Å²) in [6.07, 6.45) is 0.757. The molecule has 0 saturated heterocycles. The van der Waals surface area contributed by atoms with Crippen molar-refractivity contribution in [2.75, 3.05) is 12.4 Å². The van der Waals surface area contributed by atoms with Crippen LogP contribution in [0.5, 0.6) is 0 Å². The molecule has 22 heavy (non-hydrogen) atoms. The summed E-state index contributed by atoms with van der Waals surface area (Å²) in [6, 6.07) is 8.77. The van der Waals surface area contributed by atoms with Gasteiger partial charge in [0, 0.05) is 10.9 Å². The number of hydrogen-bond acceptors (Lipinski definition) is 5. The molecule has 6 nitrogen and oxygen atoms in total. The first-order valence-corrected chi connectivity index (χ1v) is 7.93. The van der Waals surface area contributed by atoms with Crippen LogP contribution in [-0.2, 0) is 14.3 Å². The molecule has 0 bridgehead atoms. The van der Waals surface area contributed by atoms with E-state index in [1.165, 1.54) is 11.8 Å². The lowest BCUT2D eigenvalue weighted by molar-refractivity contribution is -0.145. The maximum Gasteiger partial charge on any atom is 0.321 e. The van der Waals surface area contributed by atoms with Gasteiger partial charge >= 0.3 is 12.0 Å². The Labute approximate surface area is 134 Å². The molecule has 2 N–H and O–H groups in total. The smallest absolute Gasteiger partial charge is 0.321 e. The molecule has 0 saturated carbocycles. The van der Waals surface area contributed by atoms with E-state index in [9.17, 15) is 14.4 Å². The second-order valence-corrected chi connectivity index (χ2v) is 5.64. The van der Waals surface area contributed by atoms with Crippen LogP contribution in [0.4, 0.5) is 4.79 Å². The van der Waals surface area contributed by atoms with Crippen LogP contribution in [-0.4, -0.2) is 36.3 Å². The Hall–Kier alpha value is -2.02. The molecule has 0 aliphatic rings. The number of thioether (sulfide) groups is 1. The minimum absolute atomic E-state index is 0.0300. The van der Waals surface area contributed by atoms with E-state index in [0.29, 0.717) is 0 Å². The molecule has 0 spiro atoms. The maximum atomic E-state index is 11.5. The zero-order valence-corrected chi connectivity index (χ0v) is 13.4. The summed E-state index contributed by atoms with van der Waals surface area (Å²) in [4.78, 5) is 35.3. The Kier molecular flexibility index (Phi) is 8.06. The largest absolute Gasteiger partial charge is 0.455 e. The van der Waals surface area contributed by atoms with Gasteiger partial charge in [-0.3, -0.25) is 14.9 Å². The van der Waals surface area contributed by atoms with Gasteiger partial charge in [-0.1, -0.05) is 25.1 Å². The van der Waals surface area contributed by atoms with Crippen LogP contribution >= 0.6 is 11.8 Å².